The molecular formula is C23H37NO2. The van der Waals surface area contributed by atoms with Gasteiger partial charge in [-0.15, -0.1) is 0 Å². The van der Waals surface area contributed by atoms with Crippen LogP contribution in [0.5, 0.6) is 5.75 Å². The highest BCUT2D eigenvalue weighted by atomic mass is 16.3. The van der Waals surface area contributed by atoms with Crippen molar-refractivity contribution < 1.29 is 9.90 Å². The molecule has 3 nitrogen and oxygen atoms in total. The van der Waals surface area contributed by atoms with Gasteiger partial charge in [0.1, 0.15) is 5.75 Å². The highest BCUT2D eigenvalue weighted by Crippen LogP contribution is 2.23. The van der Waals surface area contributed by atoms with E-state index in [9.17, 15) is 9.90 Å². The molecule has 0 bridgehead atoms. The van der Waals surface area contributed by atoms with Crippen LogP contribution in [-0.4, -0.2) is 11.0 Å². The second-order valence-corrected chi connectivity index (χ2v) is 7.24. The summed E-state index contributed by atoms with van der Waals surface area (Å²) in [5.74, 6) is -0.0864. The van der Waals surface area contributed by atoms with Crippen LogP contribution in [0, 0.1) is 6.92 Å². The predicted octanol–water partition coefficient (Wildman–Crippen LogP) is 6.90. The Morgan fingerprint density at radius 2 is 1.54 bits per heavy atom. The molecule has 0 aliphatic heterocycles. The molecule has 0 unspecified atom stereocenters. The molecule has 1 aromatic carbocycles. The van der Waals surface area contributed by atoms with Crippen LogP contribution >= 0.6 is 0 Å². The molecule has 2 N–H and O–H groups in total. The van der Waals surface area contributed by atoms with Gasteiger partial charge in [0.2, 0.25) is 5.91 Å². The van der Waals surface area contributed by atoms with Gasteiger partial charge in [0.05, 0.1) is 5.69 Å². The van der Waals surface area contributed by atoms with Gasteiger partial charge in [-0.2, -0.15) is 0 Å². The van der Waals surface area contributed by atoms with Gasteiger partial charge in [-0.05, 0) is 43.5 Å². The maximum atomic E-state index is 11.9. The van der Waals surface area contributed by atoms with Crippen molar-refractivity contribution in [2.24, 2.45) is 0 Å². The van der Waals surface area contributed by atoms with E-state index >= 15 is 0 Å². The van der Waals surface area contributed by atoms with Gasteiger partial charge in [0.15, 0.2) is 0 Å². The highest BCUT2D eigenvalue weighted by molar-refractivity contribution is 6.00. The van der Waals surface area contributed by atoms with E-state index in [1.54, 1.807) is 18.2 Å². The first-order valence-corrected chi connectivity index (χ1v) is 10.4. The maximum absolute atomic E-state index is 11.9. The van der Waals surface area contributed by atoms with Crippen molar-refractivity contribution in [3.8, 4) is 5.75 Å². The lowest BCUT2D eigenvalue weighted by molar-refractivity contribution is -0.111. The number of amides is 1. The lowest BCUT2D eigenvalue weighted by Crippen LogP contribution is -2.08. The zero-order valence-electron chi connectivity index (χ0n) is 16.7. The number of carbonyl (C=O) groups is 1. The topological polar surface area (TPSA) is 49.3 Å². The molecule has 0 heterocycles. The maximum Gasteiger partial charge on any atom is 0.248 e. The molecule has 0 aliphatic rings. The fourth-order valence-electron chi connectivity index (χ4n) is 3.04. The average molecular weight is 360 g/mol. The second kappa shape index (κ2) is 14.4. The molecule has 0 aromatic heterocycles. The Morgan fingerprint density at radius 3 is 2.15 bits per heavy atom. The number of allylic oxidation sites excluding steroid dienone is 1. The number of unbranched alkanes of at least 4 members (excludes halogenated alkanes) is 11. The average Bonchev–Trinajstić information content (AvgIpc) is 2.62. The first-order valence-electron chi connectivity index (χ1n) is 10.4. The van der Waals surface area contributed by atoms with Gasteiger partial charge in [-0.25, -0.2) is 0 Å². The Kier molecular flexibility index (Phi) is 12.3. The zero-order valence-corrected chi connectivity index (χ0v) is 16.7. The number of hydrogen-bond acceptors (Lipinski definition) is 2. The summed E-state index contributed by atoms with van der Waals surface area (Å²) in [4.78, 5) is 11.9. The lowest BCUT2D eigenvalue weighted by Gasteiger charge is -2.06. The molecule has 0 atom stereocenters. The molecule has 3 heteroatoms. The predicted molar refractivity (Wildman–Crippen MR) is 112 cm³/mol. The molecule has 0 spiro atoms. The Balaban J connectivity index is 2.00. The summed E-state index contributed by atoms with van der Waals surface area (Å²) < 4.78 is 0. The number of carbonyl (C=O) groups excluding carboxylic acids is 1. The summed E-state index contributed by atoms with van der Waals surface area (Å²) >= 11 is 0. The second-order valence-electron chi connectivity index (χ2n) is 7.24. The summed E-state index contributed by atoms with van der Waals surface area (Å²) in [6.45, 7) is 4.19. The number of anilines is 1. The zero-order chi connectivity index (χ0) is 19.0. The van der Waals surface area contributed by atoms with Crippen molar-refractivity contribution in [3.05, 3.63) is 35.9 Å². The largest absolute Gasteiger partial charge is 0.506 e. The van der Waals surface area contributed by atoms with E-state index in [1.165, 1.54) is 64.2 Å². The minimum absolute atomic E-state index is 0.0997. The van der Waals surface area contributed by atoms with Crippen molar-refractivity contribution in [3.63, 3.8) is 0 Å². The van der Waals surface area contributed by atoms with Crippen molar-refractivity contribution in [2.75, 3.05) is 5.32 Å². The quantitative estimate of drug-likeness (QED) is 0.216. The van der Waals surface area contributed by atoms with Crippen LogP contribution in [0.3, 0.4) is 0 Å². The highest BCUT2D eigenvalue weighted by Gasteiger charge is 2.03. The fraction of sp³-hybridized carbons (Fsp3) is 0.609. The first-order chi connectivity index (χ1) is 12.6. The number of aromatic hydroxyl groups is 1. The van der Waals surface area contributed by atoms with E-state index in [-0.39, 0.29) is 11.7 Å². The minimum atomic E-state index is -0.186. The Morgan fingerprint density at radius 1 is 0.962 bits per heavy atom. The third-order valence-electron chi connectivity index (χ3n) is 4.65. The molecule has 26 heavy (non-hydrogen) atoms. The fourth-order valence-corrected chi connectivity index (χ4v) is 3.04. The summed E-state index contributed by atoms with van der Waals surface area (Å²) in [6.07, 6.45) is 19.1. The monoisotopic (exact) mass is 359 g/mol. The van der Waals surface area contributed by atoms with Crippen LogP contribution in [-0.2, 0) is 4.79 Å². The van der Waals surface area contributed by atoms with Crippen LogP contribution in [0.4, 0.5) is 5.69 Å². The number of phenols is 1. The number of phenolic OH excluding ortho intramolecular Hbond substituents is 1. The van der Waals surface area contributed by atoms with Crippen molar-refractivity contribution in [1.82, 2.24) is 0 Å². The van der Waals surface area contributed by atoms with Crippen molar-refractivity contribution >= 4 is 11.6 Å². The van der Waals surface area contributed by atoms with Gasteiger partial charge < -0.3 is 10.4 Å². The molecule has 1 aromatic rings. The molecule has 0 aliphatic carbocycles. The lowest BCUT2D eigenvalue weighted by atomic mass is 10.1. The Labute approximate surface area is 159 Å². The molecule has 1 rings (SSSR count). The van der Waals surface area contributed by atoms with E-state index in [0.717, 1.165) is 18.4 Å². The molecule has 0 saturated carbocycles. The van der Waals surface area contributed by atoms with Crippen LogP contribution in [0.15, 0.2) is 30.4 Å². The number of benzene rings is 1. The van der Waals surface area contributed by atoms with Gasteiger partial charge in [0, 0.05) is 0 Å². The van der Waals surface area contributed by atoms with E-state index in [2.05, 4.69) is 12.2 Å². The number of hydrogen-bond donors (Lipinski definition) is 2. The van der Waals surface area contributed by atoms with Crippen LogP contribution < -0.4 is 5.32 Å². The number of rotatable bonds is 14. The molecule has 146 valence electrons. The first kappa shape index (κ1) is 22.3. The molecule has 0 fully saturated rings. The molecule has 0 radical (unpaired) electrons. The summed E-state index contributed by atoms with van der Waals surface area (Å²) in [5, 5.41) is 12.4. The van der Waals surface area contributed by atoms with Crippen LogP contribution in [0.25, 0.3) is 0 Å². The van der Waals surface area contributed by atoms with Gasteiger partial charge in [-0.1, -0.05) is 83.3 Å². The molecular weight excluding hydrogens is 322 g/mol. The normalized spacial score (nSPS) is 11.2. The smallest absolute Gasteiger partial charge is 0.248 e. The molecule has 1 amide bonds. The van der Waals surface area contributed by atoms with Crippen LogP contribution in [0.1, 0.15) is 89.5 Å². The van der Waals surface area contributed by atoms with Crippen molar-refractivity contribution in [1.29, 1.82) is 0 Å². The van der Waals surface area contributed by atoms with E-state index in [0.29, 0.717) is 5.69 Å². The minimum Gasteiger partial charge on any atom is -0.506 e. The summed E-state index contributed by atoms with van der Waals surface area (Å²) in [7, 11) is 0. The van der Waals surface area contributed by atoms with E-state index in [1.807, 2.05) is 19.1 Å². The van der Waals surface area contributed by atoms with Gasteiger partial charge in [0.25, 0.3) is 0 Å². The standard InChI is InChI=1S/C23H37NO2/c1-3-4-5-6-7-8-9-10-11-12-13-14-15-16-23(26)24-21-19-20(2)17-18-22(21)25/h15-19,25H,3-14H2,1-2H3,(H,24,26)/b16-15-. The summed E-state index contributed by atoms with van der Waals surface area (Å²) in [5.41, 5.74) is 1.47. The van der Waals surface area contributed by atoms with Crippen LogP contribution in [0.2, 0.25) is 0 Å². The van der Waals surface area contributed by atoms with E-state index < -0.39 is 0 Å². The molecule has 0 saturated heterocycles. The third-order valence-corrected chi connectivity index (χ3v) is 4.65. The van der Waals surface area contributed by atoms with E-state index in [4.69, 9.17) is 0 Å². The number of aryl methyl sites for hydroxylation is 1. The van der Waals surface area contributed by atoms with Crippen molar-refractivity contribution in [2.45, 2.75) is 90.9 Å². The Hall–Kier alpha value is -1.77. The number of nitrogens with one attached hydrogen (secondary N) is 1. The Bertz CT molecular complexity index is 537. The summed E-state index contributed by atoms with van der Waals surface area (Å²) in [6, 6.07) is 5.18. The van der Waals surface area contributed by atoms with Gasteiger partial charge >= 0.3 is 0 Å². The third kappa shape index (κ3) is 11.0. The SMILES string of the molecule is CCCCCCCCCCCCC/C=C\C(=O)Nc1cc(C)ccc1O. The van der Waals surface area contributed by atoms with Gasteiger partial charge in [-0.3, -0.25) is 4.79 Å².